The molecule has 1 amide bonds. The molecular formula is C22H23Cl2N3O4S2. The number of piperidine rings is 1. The molecule has 4 rings (SSSR count). The summed E-state index contributed by atoms with van der Waals surface area (Å²) in [4.78, 5) is 24.8. The molecule has 176 valence electrons. The number of aromatic nitrogens is 1. The standard InChI is InChI=1S/C22H23Cl2N3O4S2/c1-2-27-19-6-4-16(12-20(19)32-22(27)29)25-21(28)15-7-9-26(10-8-15)33(30,31)13-14-3-5-17(23)18(24)11-14/h3-6,11-12,15H,2,7-10,13H2,1H3,(H,25,28). The van der Waals surface area contributed by atoms with Gasteiger partial charge in [0.25, 0.3) is 0 Å². The van der Waals surface area contributed by atoms with Crippen LogP contribution in [0, 0.1) is 5.92 Å². The van der Waals surface area contributed by atoms with Gasteiger partial charge >= 0.3 is 4.87 Å². The fourth-order valence-electron chi connectivity index (χ4n) is 4.02. The Morgan fingerprint density at radius 2 is 1.85 bits per heavy atom. The van der Waals surface area contributed by atoms with E-state index in [1.165, 1.54) is 4.31 Å². The van der Waals surface area contributed by atoms with Crippen LogP contribution in [0.4, 0.5) is 5.69 Å². The van der Waals surface area contributed by atoms with Crippen LogP contribution in [0.2, 0.25) is 10.0 Å². The van der Waals surface area contributed by atoms with Crippen LogP contribution in [0.3, 0.4) is 0 Å². The zero-order chi connectivity index (χ0) is 23.8. The normalized spacial score (nSPS) is 15.7. The van der Waals surface area contributed by atoms with Gasteiger partial charge in [0.2, 0.25) is 15.9 Å². The maximum Gasteiger partial charge on any atom is 0.308 e. The Labute approximate surface area is 206 Å². The quantitative estimate of drug-likeness (QED) is 0.508. The van der Waals surface area contributed by atoms with Crippen LogP contribution in [0.15, 0.2) is 41.2 Å². The number of aryl methyl sites for hydroxylation is 1. The average molecular weight is 528 g/mol. The van der Waals surface area contributed by atoms with Crippen molar-refractivity contribution in [3.05, 3.63) is 61.7 Å². The van der Waals surface area contributed by atoms with Crippen molar-refractivity contribution in [2.45, 2.75) is 32.1 Å². The second-order valence-electron chi connectivity index (χ2n) is 7.96. The Balaban J connectivity index is 1.37. The zero-order valence-corrected chi connectivity index (χ0v) is 21.0. The first-order valence-electron chi connectivity index (χ1n) is 10.5. The molecular weight excluding hydrogens is 505 g/mol. The van der Waals surface area contributed by atoms with E-state index in [2.05, 4.69) is 5.32 Å². The lowest BCUT2D eigenvalue weighted by Crippen LogP contribution is -2.41. The number of benzene rings is 2. The first-order valence-corrected chi connectivity index (χ1v) is 13.7. The third-order valence-corrected chi connectivity index (χ3v) is 9.33. The van der Waals surface area contributed by atoms with Crippen LogP contribution in [0.1, 0.15) is 25.3 Å². The zero-order valence-electron chi connectivity index (χ0n) is 17.9. The van der Waals surface area contributed by atoms with E-state index < -0.39 is 10.0 Å². The van der Waals surface area contributed by atoms with Crippen molar-refractivity contribution in [2.75, 3.05) is 18.4 Å². The molecule has 0 aliphatic carbocycles. The van der Waals surface area contributed by atoms with Crippen molar-refractivity contribution in [3.63, 3.8) is 0 Å². The highest BCUT2D eigenvalue weighted by atomic mass is 35.5. The number of carbonyl (C=O) groups excluding carboxylic acids is 1. The predicted octanol–water partition coefficient (Wildman–Crippen LogP) is 4.57. The Morgan fingerprint density at radius 1 is 1.12 bits per heavy atom. The average Bonchev–Trinajstić information content (AvgIpc) is 3.10. The van der Waals surface area contributed by atoms with Gasteiger partial charge in [0.15, 0.2) is 0 Å². The van der Waals surface area contributed by atoms with Crippen LogP contribution in [0.25, 0.3) is 10.2 Å². The molecule has 7 nitrogen and oxygen atoms in total. The second-order valence-corrected chi connectivity index (χ2v) is 11.7. The molecule has 1 aliphatic heterocycles. The van der Waals surface area contributed by atoms with Crippen LogP contribution in [-0.4, -0.2) is 36.3 Å². The van der Waals surface area contributed by atoms with Crippen molar-refractivity contribution in [1.29, 1.82) is 0 Å². The molecule has 2 heterocycles. The molecule has 11 heteroatoms. The molecule has 0 unspecified atom stereocenters. The van der Waals surface area contributed by atoms with Crippen molar-refractivity contribution in [1.82, 2.24) is 8.87 Å². The van der Waals surface area contributed by atoms with E-state index in [9.17, 15) is 18.0 Å². The number of halogens is 2. The van der Waals surface area contributed by atoms with E-state index >= 15 is 0 Å². The third kappa shape index (κ3) is 5.27. The van der Waals surface area contributed by atoms with Crippen LogP contribution in [-0.2, 0) is 27.1 Å². The van der Waals surface area contributed by atoms with Crippen LogP contribution < -0.4 is 10.2 Å². The lowest BCUT2D eigenvalue weighted by atomic mass is 9.97. The Bertz CT molecular complexity index is 1360. The molecule has 0 bridgehead atoms. The predicted molar refractivity (Wildman–Crippen MR) is 134 cm³/mol. The summed E-state index contributed by atoms with van der Waals surface area (Å²) < 4.78 is 29.6. The number of anilines is 1. The molecule has 3 aromatic rings. The van der Waals surface area contributed by atoms with E-state index in [4.69, 9.17) is 23.2 Å². The molecule has 33 heavy (non-hydrogen) atoms. The molecule has 0 radical (unpaired) electrons. The maximum atomic E-state index is 12.8. The Morgan fingerprint density at radius 3 is 2.52 bits per heavy atom. The minimum absolute atomic E-state index is 0.0228. The molecule has 1 saturated heterocycles. The summed E-state index contributed by atoms with van der Waals surface area (Å²) in [5.41, 5.74) is 2.05. The number of rotatable bonds is 6. The number of thiazole rings is 1. The highest BCUT2D eigenvalue weighted by molar-refractivity contribution is 7.88. The Hall–Kier alpha value is -1.91. The molecule has 2 aromatic carbocycles. The van der Waals surface area contributed by atoms with Gasteiger partial charge in [0.1, 0.15) is 0 Å². The fraction of sp³-hybridized carbons (Fsp3) is 0.364. The minimum atomic E-state index is -3.53. The molecule has 1 fully saturated rings. The number of nitrogens with one attached hydrogen (secondary N) is 1. The van der Waals surface area contributed by atoms with E-state index in [-0.39, 0.29) is 35.5 Å². The third-order valence-electron chi connectivity index (χ3n) is 5.80. The summed E-state index contributed by atoms with van der Waals surface area (Å²) in [6.45, 7) is 3.07. The van der Waals surface area contributed by atoms with E-state index in [1.807, 2.05) is 19.1 Å². The summed E-state index contributed by atoms with van der Waals surface area (Å²) >= 11 is 13.1. The number of fused-ring (bicyclic) bond motifs is 1. The smallest absolute Gasteiger partial charge is 0.308 e. The van der Waals surface area contributed by atoms with Gasteiger partial charge in [0.05, 0.1) is 26.0 Å². The maximum absolute atomic E-state index is 12.8. The molecule has 0 spiro atoms. The fourth-order valence-corrected chi connectivity index (χ4v) is 6.88. The monoisotopic (exact) mass is 527 g/mol. The van der Waals surface area contributed by atoms with Gasteiger partial charge in [0, 0.05) is 31.2 Å². The van der Waals surface area contributed by atoms with Gasteiger partial charge in [-0.1, -0.05) is 40.6 Å². The SMILES string of the molecule is CCn1c(=O)sc2cc(NC(=O)C3CCN(S(=O)(=O)Cc4ccc(Cl)c(Cl)c4)CC3)ccc21. The first kappa shape index (κ1) is 24.2. The lowest BCUT2D eigenvalue weighted by molar-refractivity contribution is -0.120. The summed E-state index contributed by atoms with van der Waals surface area (Å²) in [5, 5.41) is 3.61. The van der Waals surface area contributed by atoms with Gasteiger partial charge in [-0.25, -0.2) is 12.7 Å². The molecule has 1 aromatic heterocycles. The number of hydrogen-bond donors (Lipinski definition) is 1. The number of amides is 1. The number of sulfonamides is 1. The number of hydrogen-bond acceptors (Lipinski definition) is 5. The summed E-state index contributed by atoms with van der Waals surface area (Å²) in [5.74, 6) is -0.588. The first-order chi connectivity index (χ1) is 15.7. The van der Waals surface area contributed by atoms with Crippen LogP contribution >= 0.6 is 34.5 Å². The molecule has 0 atom stereocenters. The number of nitrogens with zero attached hydrogens (tertiary/aromatic N) is 2. The van der Waals surface area contributed by atoms with Gasteiger partial charge in [-0.3, -0.25) is 14.2 Å². The second kappa shape index (κ2) is 9.76. The summed E-state index contributed by atoms with van der Waals surface area (Å²) in [7, 11) is -3.53. The van der Waals surface area contributed by atoms with Gasteiger partial charge in [-0.2, -0.15) is 0 Å². The van der Waals surface area contributed by atoms with Crippen molar-refractivity contribution in [3.8, 4) is 0 Å². The highest BCUT2D eigenvalue weighted by Crippen LogP contribution is 2.27. The molecule has 1 N–H and O–H groups in total. The topological polar surface area (TPSA) is 88.5 Å². The highest BCUT2D eigenvalue weighted by Gasteiger charge is 2.31. The van der Waals surface area contributed by atoms with E-state index in [0.29, 0.717) is 40.7 Å². The van der Waals surface area contributed by atoms with Crippen LogP contribution in [0.5, 0.6) is 0 Å². The van der Waals surface area contributed by atoms with Crippen molar-refractivity contribution >= 4 is 66.4 Å². The summed E-state index contributed by atoms with van der Waals surface area (Å²) in [6.07, 6.45) is 0.877. The minimum Gasteiger partial charge on any atom is -0.326 e. The number of carbonyl (C=O) groups is 1. The van der Waals surface area contributed by atoms with Crippen molar-refractivity contribution in [2.24, 2.45) is 5.92 Å². The van der Waals surface area contributed by atoms with Gasteiger partial charge in [-0.05, 0) is 55.7 Å². The lowest BCUT2D eigenvalue weighted by Gasteiger charge is -2.30. The van der Waals surface area contributed by atoms with Gasteiger partial charge < -0.3 is 5.32 Å². The summed E-state index contributed by atoms with van der Waals surface area (Å²) in [6, 6.07) is 10.2. The van der Waals surface area contributed by atoms with E-state index in [0.717, 1.165) is 21.6 Å². The Kier molecular flexibility index (Phi) is 7.16. The molecule has 1 aliphatic rings. The van der Waals surface area contributed by atoms with Crippen molar-refractivity contribution < 1.29 is 13.2 Å². The molecule has 0 saturated carbocycles. The largest absolute Gasteiger partial charge is 0.326 e. The van der Waals surface area contributed by atoms with E-state index in [1.54, 1.807) is 28.8 Å². The van der Waals surface area contributed by atoms with Gasteiger partial charge in [-0.15, -0.1) is 0 Å².